The fraction of sp³-hybridized carbons (Fsp3) is 0.250. The molecule has 2 aromatic rings. The second-order valence-electron chi connectivity index (χ2n) is 3.65. The number of aliphatic hydroxyl groups excluding tert-OH is 1. The SMILES string of the molecule is COc1cccc(F)c1C(O)c1nccn1C. The number of halogens is 1. The third kappa shape index (κ3) is 2.01. The fourth-order valence-electron chi connectivity index (χ4n) is 1.73. The van der Waals surface area contributed by atoms with E-state index in [0.717, 1.165) is 0 Å². The molecule has 0 spiro atoms. The van der Waals surface area contributed by atoms with Gasteiger partial charge in [-0.05, 0) is 12.1 Å². The van der Waals surface area contributed by atoms with Crippen LogP contribution >= 0.6 is 0 Å². The molecule has 0 aliphatic heterocycles. The van der Waals surface area contributed by atoms with E-state index in [9.17, 15) is 9.50 Å². The van der Waals surface area contributed by atoms with Crippen LogP contribution in [0, 0.1) is 5.82 Å². The Balaban J connectivity index is 2.50. The van der Waals surface area contributed by atoms with Crippen LogP contribution in [0.1, 0.15) is 17.5 Å². The first-order valence-corrected chi connectivity index (χ1v) is 5.13. The van der Waals surface area contributed by atoms with Crippen molar-refractivity contribution in [2.24, 2.45) is 7.05 Å². The van der Waals surface area contributed by atoms with E-state index >= 15 is 0 Å². The van der Waals surface area contributed by atoms with Crippen LogP contribution in [0.15, 0.2) is 30.6 Å². The largest absolute Gasteiger partial charge is 0.496 e. The van der Waals surface area contributed by atoms with Crippen LogP contribution in [0.4, 0.5) is 4.39 Å². The van der Waals surface area contributed by atoms with Gasteiger partial charge in [0.2, 0.25) is 0 Å². The van der Waals surface area contributed by atoms with Crippen LogP contribution in [0.5, 0.6) is 5.75 Å². The highest BCUT2D eigenvalue weighted by Crippen LogP contribution is 2.31. The highest BCUT2D eigenvalue weighted by atomic mass is 19.1. The van der Waals surface area contributed by atoms with Crippen molar-refractivity contribution >= 4 is 0 Å². The maximum atomic E-state index is 13.7. The van der Waals surface area contributed by atoms with E-state index in [4.69, 9.17) is 4.74 Å². The second-order valence-corrected chi connectivity index (χ2v) is 3.65. The standard InChI is InChI=1S/C12H13FN2O2/c1-15-7-6-14-12(15)11(16)10-8(13)4-3-5-9(10)17-2/h3-7,11,16H,1-2H3. The molecule has 17 heavy (non-hydrogen) atoms. The van der Waals surface area contributed by atoms with Gasteiger partial charge in [0.15, 0.2) is 0 Å². The summed E-state index contributed by atoms with van der Waals surface area (Å²) in [6.45, 7) is 0. The quantitative estimate of drug-likeness (QED) is 0.881. The molecule has 0 radical (unpaired) electrons. The molecule has 1 aromatic heterocycles. The van der Waals surface area contributed by atoms with Crippen LogP contribution in [0.3, 0.4) is 0 Å². The molecule has 0 fully saturated rings. The average Bonchev–Trinajstić information content (AvgIpc) is 2.74. The summed E-state index contributed by atoms with van der Waals surface area (Å²) in [4.78, 5) is 4.00. The lowest BCUT2D eigenvalue weighted by atomic mass is 10.1. The van der Waals surface area contributed by atoms with Gasteiger partial charge < -0.3 is 14.4 Å². The Morgan fingerprint density at radius 2 is 2.24 bits per heavy atom. The normalized spacial score (nSPS) is 12.5. The van der Waals surface area contributed by atoms with Gasteiger partial charge in [-0.1, -0.05) is 6.07 Å². The smallest absolute Gasteiger partial charge is 0.143 e. The van der Waals surface area contributed by atoms with Crippen molar-refractivity contribution < 1.29 is 14.2 Å². The minimum Gasteiger partial charge on any atom is -0.496 e. The first-order valence-electron chi connectivity index (χ1n) is 5.13. The number of ether oxygens (including phenoxy) is 1. The number of imidazole rings is 1. The molecule has 1 unspecified atom stereocenters. The first-order chi connectivity index (χ1) is 8.15. The number of aromatic nitrogens is 2. The van der Waals surface area contributed by atoms with Crippen LogP contribution in [0.25, 0.3) is 0 Å². The summed E-state index contributed by atoms with van der Waals surface area (Å²) in [6, 6.07) is 4.41. The van der Waals surface area contributed by atoms with Gasteiger partial charge in [0, 0.05) is 19.4 Å². The first kappa shape index (κ1) is 11.6. The molecule has 0 bridgehead atoms. The molecule has 1 aromatic carbocycles. The monoisotopic (exact) mass is 236 g/mol. The minimum atomic E-state index is -1.15. The van der Waals surface area contributed by atoms with Crippen molar-refractivity contribution in [2.75, 3.05) is 7.11 Å². The highest BCUT2D eigenvalue weighted by molar-refractivity contribution is 5.38. The van der Waals surface area contributed by atoms with Crippen molar-refractivity contribution in [3.63, 3.8) is 0 Å². The summed E-state index contributed by atoms with van der Waals surface area (Å²) in [7, 11) is 3.17. The summed E-state index contributed by atoms with van der Waals surface area (Å²) >= 11 is 0. The molecule has 0 saturated heterocycles. The van der Waals surface area contributed by atoms with Crippen molar-refractivity contribution in [1.82, 2.24) is 9.55 Å². The minimum absolute atomic E-state index is 0.101. The molecule has 90 valence electrons. The maximum absolute atomic E-state index is 13.7. The summed E-state index contributed by atoms with van der Waals surface area (Å²) < 4.78 is 20.4. The average molecular weight is 236 g/mol. The summed E-state index contributed by atoms with van der Waals surface area (Å²) in [5.41, 5.74) is 0.101. The zero-order valence-electron chi connectivity index (χ0n) is 9.59. The third-order valence-electron chi connectivity index (χ3n) is 2.61. The Morgan fingerprint density at radius 1 is 1.47 bits per heavy atom. The number of hydrogen-bond donors (Lipinski definition) is 1. The molecule has 1 N–H and O–H groups in total. The summed E-state index contributed by atoms with van der Waals surface area (Å²) in [6.07, 6.45) is 2.09. The van der Waals surface area contributed by atoms with E-state index in [1.165, 1.54) is 19.2 Å². The Kier molecular flexibility index (Phi) is 3.10. The lowest BCUT2D eigenvalue weighted by Crippen LogP contribution is -2.10. The predicted molar refractivity (Wildman–Crippen MR) is 60.2 cm³/mol. The van der Waals surface area contributed by atoms with Gasteiger partial charge in [-0.15, -0.1) is 0 Å². The molecular formula is C12H13FN2O2. The maximum Gasteiger partial charge on any atom is 0.143 e. The fourth-order valence-corrected chi connectivity index (χ4v) is 1.73. The molecule has 4 nitrogen and oxygen atoms in total. The molecule has 0 saturated carbocycles. The Bertz CT molecular complexity index is 525. The van der Waals surface area contributed by atoms with E-state index in [2.05, 4.69) is 4.98 Å². The van der Waals surface area contributed by atoms with Crippen molar-refractivity contribution in [2.45, 2.75) is 6.10 Å². The van der Waals surface area contributed by atoms with Crippen molar-refractivity contribution in [1.29, 1.82) is 0 Å². The number of methoxy groups -OCH3 is 1. The van der Waals surface area contributed by atoms with Crippen LogP contribution < -0.4 is 4.74 Å². The third-order valence-corrected chi connectivity index (χ3v) is 2.61. The lowest BCUT2D eigenvalue weighted by Gasteiger charge is -2.15. The van der Waals surface area contributed by atoms with Gasteiger partial charge in [-0.25, -0.2) is 9.37 Å². The van der Waals surface area contributed by atoms with E-state index in [0.29, 0.717) is 11.6 Å². The van der Waals surface area contributed by atoms with Crippen LogP contribution in [0.2, 0.25) is 0 Å². The van der Waals surface area contributed by atoms with Crippen LogP contribution in [-0.4, -0.2) is 21.8 Å². The number of hydrogen-bond acceptors (Lipinski definition) is 3. The number of rotatable bonds is 3. The van der Waals surface area contributed by atoms with Crippen LogP contribution in [-0.2, 0) is 7.05 Å². The number of aryl methyl sites for hydroxylation is 1. The zero-order chi connectivity index (χ0) is 12.4. The predicted octanol–water partition coefficient (Wildman–Crippen LogP) is 1.65. The summed E-state index contributed by atoms with van der Waals surface area (Å²) in [5, 5.41) is 10.2. The Labute approximate surface area is 98.3 Å². The molecule has 0 aliphatic rings. The van der Waals surface area contributed by atoms with Gasteiger partial charge in [0.25, 0.3) is 0 Å². The van der Waals surface area contributed by atoms with E-state index < -0.39 is 11.9 Å². The Hall–Kier alpha value is -1.88. The van der Waals surface area contributed by atoms with Gasteiger partial charge in [0.05, 0.1) is 12.7 Å². The number of benzene rings is 1. The second kappa shape index (κ2) is 4.55. The molecule has 5 heteroatoms. The highest BCUT2D eigenvalue weighted by Gasteiger charge is 2.22. The van der Waals surface area contributed by atoms with Crippen molar-refractivity contribution in [3.8, 4) is 5.75 Å². The molecule has 1 heterocycles. The van der Waals surface area contributed by atoms with E-state index in [-0.39, 0.29) is 5.56 Å². The number of nitrogens with zero attached hydrogens (tertiary/aromatic N) is 2. The lowest BCUT2D eigenvalue weighted by molar-refractivity contribution is 0.195. The molecule has 1 atom stereocenters. The number of aliphatic hydroxyl groups is 1. The molecule has 0 aliphatic carbocycles. The van der Waals surface area contributed by atoms with E-state index in [1.54, 1.807) is 30.1 Å². The topological polar surface area (TPSA) is 47.3 Å². The van der Waals surface area contributed by atoms with Gasteiger partial charge >= 0.3 is 0 Å². The Morgan fingerprint density at radius 3 is 2.82 bits per heavy atom. The van der Waals surface area contributed by atoms with E-state index in [1.807, 2.05) is 0 Å². The van der Waals surface area contributed by atoms with Gasteiger partial charge in [-0.3, -0.25) is 0 Å². The van der Waals surface area contributed by atoms with Gasteiger partial charge in [0.1, 0.15) is 23.5 Å². The van der Waals surface area contributed by atoms with Crippen molar-refractivity contribution in [3.05, 3.63) is 47.8 Å². The molecule has 0 amide bonds. The molecule has 2 rings (SSSR count). The molecular weight excluding hydrogens is 223 g/mol. The van der Waals surface area contributed by atoms with Gasteiger partial charge in [-0.2, -0.15) is 0 Å². The zero-order valence-corrected chi connectivity index (χ0v) is 9.59. The summed E-state index contributed by atoms with van der Waals surface area (Å²) in [5.74, 6) is 0.161.